The number of benzene rings is 2. The molecule has 3 aromatic rings. The van der Waals surface area contributed by atoms with Crippen molar-refractivity contribution in [2.24, 2.45) is 0 Å². The summed E-state index contributed by atoms with van der Waals surface area (Å²) in [6.45, 7) is 0.178. The minimum Gasteiger partial charge on any atom is -0.455 e. The summed E-state index contributed by atoms with van der Waals surface area (Å²) in [6, 6.07) is 10.8. The molecule has 0 N–H and O–H groups in total. The number of hydrogen-bond donors (Lipinski definition) is 0. The fraction of sp³-hybridized carbons (Fsp3) is 0.286. The first kappa shape index (κ1) is 25.2. The first-order chi connectivity index (χ1) is 18.6. The van der Waals surface area contributed by atoms with Gasteiger partial charge in [-0.05, 0) is 61.6 Å². The Morgan fingerprint density at radius 2 is 1.97 bits per heavy atom. The molecule has 1 unspecified atom stereocenters. The van der Waals surface area contributed by atoms with E-state index in [9.17, 15) is 4.79 Å². The number of hydrogen-bond acceptors (Lipinski definition) is 8. The Labute approximate surface area is 229 Å². The molecule has 196 valence electrons. The fourth-order valence-electron chi connectivity index (χ4n) is 4.76. The molecule has 3 aliphatic rings. The molecule has 0 saturated heterocycles. The molecule has 8 nitrogen and oxygen atoms in total. The standard InChI is InChI=1S/C28H24Cl2N2O6/c1-34-38-32-22-10-9-17-6-5-16(14-33)13-24(17)36-23(22)11-12-25(32)35-15-19-27(31-37-28(19)18-7-8-18)26-20(29)3-2-4-21(26)30/h2-6,11-14,18,25H,7-10,15H2,1H3. The van der Waals surface area contributed by atoms with E-state index in [4.69, 9.17) is 47.1 Å². The van der Waals surface area contributed by atoms with E-state index in [0.29, 0.717) is 57.1 Å². The van der Waals surface area contributed by atoms with Gasteiger partial charge in [-0.2, -0.15) is 5.06 Å². The number of allylic oxidation sites excluding steroid dienone is 2. The highest BCUT2D eigenvalue weighted by molar-refractivity contribution is 6.39. The second kappa shape index (κ2) is 10.6. The van der Waals surface area contributed by atoms with Crippen LogP contribution in [0.15, 0.2) is 64.5 Å². The van der Waals surface area contributed by atoms with Crippen LogP contribution >= 0.6 is 23.2 Å². The summed E-state index contributed by atoms with van der Waals surface area (Å²) in [5, 5.41) is 6.86. The molecule has 2 aliphatic heterocycles. The zero-order chi connectivity index (χ0) is 26.2. The Morgan fingerprint density at radius 1 is 1.16 bits per heavy atom. The molecule has 1 fully saturated rings. The molecule has 0 spiro atoms. The number of carbonyl (C=O) groups is 1. The van der Waals surface area contributed by atoms with Gasteiger partial charge in [0.15, 0.2) is 6.23 Å². The molecule has 3 heterocycles. The van der Waals surface area contributed by atoms with Gasteiger partial charge in [0.05, 0.1) is 29.5 Å². The van der Waals surface area contributed by atoms with Gasteiger partial charge < -0.3 is 14.0 Å². The minimum atomic E-state index is -0.624. The lowest BCUT2D eigenvalue weighted by atomic mass is 10.0. The average molecular weight is 555 g/mol. The van der Waals surface area contributed by atoms with Gasteiger partial charge in [0.25, 0.3) is 0 Å². The molecule has 1 atom stereocenters. The smallest absolute Gasteiger partial charge is 0.176 e. The van der Waals surface area contributed by atoms with Crippen LogP contribution in [0, 0.1) is 0 Å². The number of nitrogens with zero attached hydrogens (tertiary/aromatic N) is 2. The van der Waals surface area contributed by atoms with Crippen molar-refractivity contribution in [3.63, 3.8) is 0 Å². The summed E-state index contributed by atoms with van der Waals surface area (Å²) < 4.78 is 18.3. The van der Waals surface area contributed by atoms with Gasteiger partial charge >= 0.3 is 0 Å². The minimum absolute atomic E-state index is 0.178. The molecular weight excluding hydrogens is 531 g/mol. The van der Waals surface area contributed by atoms with E-state index in [2.05, 4.69) is 5.16 Å². The largest absolute Gasteiger partial charge is 0.455 e. The third-order valence-electron chi connectivity index (χ3n) is 6.79. The first-order valence-corrected chi connectivity index (χ1v) is 13.0. The Kier molecular flexibility index (Phi) is 6.99. The van der Waals surface area contributed by atoms with E-state index >= 15 is 0 Å². The Morgan fingerprint density at radius 3 is 2.71 bits per heavy atom. The summed E-state index contributed by atoms with van der Waals surface area (Å²) in [7, 11) is 1.43. The SMILES string of the molecule is COON1C2=C(C=CC1OCc1c(-c3c(Cl)cccc3Cl)noc1C1CC1)Oc1cc(C=O)ccc1CC2. The molecule has 6 rings (SSSR count). The third-order valence-corrected chi connectivity index (χ3v) is 7.42. The highest BCUT2D eigenvalue weighted by Gasteiger charge is 2.35. The van der Waals surface area contributed by atoms with Crippen LogP contribution in [0.2, 0.25) is 10.0 Å². The number of halogens is 2. The number of hydroxylamine groups is 2. The van der Waals surface area contributed by atoms with E-state index in [1.54, 1.807) is 35.4 Å². The number of aryl methyl sites for hydroxylation is 1. The molecule has 38 heavy (non-hydrogen) atoms. The number of aldehydes is 1. The second-order valence-electron chi connectivity index (χ2n) is 9.27. The number of carbonyl (C=O) groups excluding carboxylic acids is 1. The molecule has 0 bridgehead atoms. The zero-order valence-electron chi connectivity index (χ0n) is 20.5. The van der Waals surface area contributed by atoms with Crippen LogP contribution in [0.5, 0.6) is 5.75 Å². The van der Waals surface area contributed by atoms with Gasteiger partial charge in [-0.3, -0.25) is 4.79 Å². The van der Waals surface area contributed by atoms with E-state index in [1.165, 1.54) is 7.11 Å². The van der Waals surface area contributed by atoms with E-state index in [1.807, 2.05) is 18.2 Å². The maximum absolute atomic E-state index is 11.3. The topological polar surface area (TPSA) is 83.3 Å². The lowest BCUT2D eigenvalue weighted by Gasteiger charge is -2.33. The maximum Gasteiger partial charge on any atom is 0.176 e. The van der Waals surface area contributed by atoms with Gasteiger partial charge in [0, 0.05) is 22.6 Å². The monoisotopic (exact) mass is 554 g/mol. The van der Waals surface area contributed by atoms with Crippen molar-refractivity contribution < 1.29 is 28.7 Å². The van der Waals surface area contributed by atoms with Crippen LogP contribution in [0.25, 0.3) is 11.3 Å². The van der Waals surface area contributed by atoms with Gasteiger partial charge in [-0.25, -0.2) is 4.89 Å². The Hall–Kier alpha value is -3.14. The lowest BCUT2D eigenvalue weighted by Crippen LogP contribution is -2.38. The normalized spacial score (nSPS) is 18.6. The van der Waals surface area contributed by atoms with Gasteiger partial charge in [-0.1, -0.05) is 46.6 Å². The molecule has 10 heteroatoms. The number of rotatable bonds is 8. The van der Waals surface area contributed by atoms with Crippen LogP contribution in [0.1, 0.15) is 52.4 Å². The van der Waals surface area contributed by atoms with Crippen molar-refractivity contribution in [1.82, 2.24) is 10.2 Å². The molecule has 2 aromatic carbocycles. The summed E-state index contributed by atoms with van der Waals surface area (Å²) in [5.41, 5.74) is 4.29. The zero-order valence-corrected chi connectivity index (χ0v) is 22.0. The van der Waals surface area contributed by atoms with Gasteiger partial charge in [0.2, 0.25) is 0 Å². The highest BCUT2D eigenvalue weighted by Crippen LogP contribution is 2.46. The predicted molar refractivity (Wildman–Crippen MR) is 139 cm³/mol. The first-order valence-electron chi connectivity index (χ1n) is 12.3. The van der Waals surface area contributed by atoms with Crippen LogP contribution < -0.4 is 4.74 Å². The number of aromatic nitrogens is 1. The maximum atomic E-state index is 11.3. The highest BCUT2D eigenvalue weighted by atomic mass is 35.5. The van der Waals surface area contributed by atoms with E-state index < -0.39 is 6.23 Å². The van der Waals surface area contributed by atoms with E-state index in [-0.39, 0.29) is 6.61 Å². The van der Waals surface area contributed by atoms with Gasteiger partial charge in [-0.15, -0.1) is 4.99 Å². The van der Waals surface area contributed by atoms with Gasteiger partial charge in [0.1, 0.15) is 29.2 Å². The Bertz CT molecular complexity index is 1420. The number of fused-ring (bicyclic) bond motifs is 1. The van der Waals surface area contributed by atoms with Crippen molar-refractivity contribution in [1.29, 1.82) is 0 Å². The van der Waals surface area contributed by atoms with E-state index in [0.717, 1.165) is 41.7 Å². The molecule has 0 radical (unpaired) electrons. The summed E-state index contributed by atoms with van der Waals surface area (Å²) in [6.07, 6.45) is 7.19. The van der Waals surface area contributed by atoms with Crippen LogP contribution in [-0.2, 0) is 27.6 Å². The quantitative estimate of drug-likeness (QED) is 0.171. The van der Waals surface area contributed by atoms with Crippen LogP contribution in [0.3, 0.4) is 0 Å². The fourth-order valence-corrected chi connectivity index (χ4v) is 5.33. The van der Waals surface area contributed by atoms with Crippen molar-refractivity contribution in [2.45, 2.75) is 44.4 Å². The molecule has 0 amide bonds. The lowest BCUT2D eigenvalue weighted by molar-refractivity contribution is -0.428. The molecule has 1 aliphatic carbocycles. The Balaban J connectivity index is 1.28. The molecule has 1 aromatic heterocycles. The predicted octanol–water partition coefficient (Wildman–Crippen LogP) is 6.78. The third kappa shape index (κ3) is 4.74. The summed E-state index contributed by atoms with van der Waals surface area (Å²) >= 11 is 13.0. The van der Waals surface area contributed by atoms with Crippen molar-refractivity contribution >= 4 is 29.5 Å². The number of ether oxygens (including phenoxy) is 2. The molecular formula is C28H24Cl2N2O6. The van der Waals surface area contributed by atoms with Crippen LogP contribution in [-0.4, -0.2) is 29.8 Å². The van der Waals surface area contributed by atoms with Crippen molar-refractivity contribution in [3.05, 3.63) is 92.5 Å². The summed E-state index contributed by atoms with van der Waals surface area (Å²) in [5.74, 6) is 2.31. The second-order valence-corrected chi connectivity index (χ2v) is 10.1. The van der Waals surface area contributed by atoms with Crippen molar-refractivity contribution in [2.75, 3.05) is 7.11 Å². The average Bonchev–Trinajstić information content (AvgIpc) is 3.71. The van der Waals surface area contributed by atoms with Crippen LogP contribution in [0.4, 0.5) is 0 Å². The molecule has 1 saturated carbocycles. The summed E-state index contributed by atoms with van der Waals surface area (Å²) in [4.78, 5) is 21.9. The van der Waals surface area contributed by atoms with Crippen molar-refractivity contribution in [3.8, 4) is 17.0 Å².